The van der Waals surface area contributed by atoms with Gasteiger partial charge in [-0.25, -0.2) is 0 Å². The number of carbonyl (C=O) groups excluding carboxylic acids is 1. The fourth-order valence-electron chi connectivity index (χ4n) is 2.77. The van der Waals surface area contributed by atoms with Crippen LogP contribution in [-0.4, -0.2) is 73.0 Å². The van der Waals surface area contributed by atoms with Crippen molar-refractivity contribution in [2.75, 3.05) is 20.3 Å². The first-order valence-corrected chi connectivity index (χ1v) is 7.42. The highest BCUT2D eigenvalue weighted by molar-refractivity contribution is 5.69. The molecule has 0 radical (unpaired) electrons. The second-order valence-electron chi connectivity index (χ2n) is 5.56. The van der Waals surface area contributed by atoms with Crippen LogP contribution in [0.1, 0.15) is 26.7 Å². The Balaban J connectivity index is 2.02. The lowest BCUT2D eigenvalue weighted by molar-refractivity contribution is -0.272. The standard InChI is InChI=1S/C14H24O8/c1-4-19-9(16)5-6-14(2)21-11-10(17)8(7-15)20-13(18-3)12(11)22-14/h8,10-13,15,17H,4-7H2,1-3H3/t8-,10-,11+,12+,13+,14?/m1/s1. The molecule has 0 aromatic carbocycles. The van der Waals surface area contributed by atoms with E-state index in [1.54, 1.807) is 13.8 Å². The lowest BCUT2D eigenvalue weighted by Crippen LogP contribution is -2.57. The zero-order valence-electron chi connectivity index (χ0n) is 13.1. The van der Waals surface area contributed by atoms with Gasteiger partial charge in [0.05, 0.1) is 19.6 Å². The summed E-state index contributed by atoms with van der Waals surface area (Å²) in [5, 5.41) is 19.5. The van der Waals surface area contributed by atoms with E-state index in [2.05, 4.69) is 0 Å². The van der Waals surface area contributed by atoms with Gasteiger partial charge in [0.15, 0.2) is 12.1 Å². The molecule has 0 aromatic rings. The van der Waals surface area contributed by atoms with E-state index in [1.165, 1.54) is 7.11 Å². The third kappa shape index (κ3) is 3.58. The van der Waals surface area contributed by atoms with Crippen LogP contribution in [0, 0.1) is 0 Å². The lowest BCUT2D eigenvalue weighted by Gasteiger charge is -2.38. The van der Waals surface area contributed by atoms with E-state index in [9.17, 15) is 15.0 Å². The third-order valence-corrected chi connectivity index (χ3v) is 3.89. The van der Waals surface area contributed by atoms with Crippen LogP contribution in [0.3, 0.4) is 0 Å². The maximum absolute atomic E-state index is 11.5. The lowest BCUT2D eigenvalue weighted by atomic mass is 9.99. The molecular formula is C14H24O8. The van der Waals surface area contributed by atoms with Gasteiger partial charge < -0.3 is 33.9 Å². The highest BCUT2D eigenvalue weighted by Gasteiger charge is 2.56. The third-order valence-electron chi connectivity index (χ3n) is 3.89. The largest absolute Gasteiger partial charge is 0.466 e. The van der Waals surface area contributed by atoms with Gasteiger partial charge in [-0.2, -0.15) is 0 Å². The monoisotopic (exact) mass is 320 g/mol. The van der Waals surface area contributed by atoms with Crippen LogP contribution in [0.25, 0.3) is 0 Å². The van der Waals surface area contributed by atoms with Crippen molar-refractivity contribution in [3.63, 3.8) is 0 Å². The molecule has 2 aliphatic rings. The molecule has 1 unspecified atom stereocenters. The van der Waals surface area contributed by atoms with E-state index in [-0.39, 0.29) is 25.4 Å². The van der Waals surface area contributed by atoms with Crippen LogP contribution < -0.4 is 0 Å². The van der Waals surface area contributed by atoms with Crippen LogP contribution >= 0.6 is 0 Å². The average Bonchev–Trinajstić information content (AvgIpc) is 2.85. The molecule has 22 heavy (non-hydrogen) atoms. The maximum atomic E-state index is 11.5. The van der Waals surface area contributed by atoms with Crippen LogP contribution in [0.4, 0.5) is 0 Å². The first-order chi connectivity index (χ1) is 10.4. The predicted octanol–water partition coefficient (Wildman–Crippen LogP) is -0.446. The van der Waals surface area contributed by atoms with Crippen molar-refractivity contribution in [1.82, 2.24) is 0 Å². The summed E-state index contributed by atoms with van der Waals surface area (Å²) in [7, 11) is 1.45. The molecule has 2 fully saturated rings. The SMILES string of the molecule is CCOC(=O)CCC1(C)O[C@@H]2[C@@H](OC)O[C@H](CO)[C@@H](O)[C@@H]2O1. The number of hydrogen-bond donors (Lipinski definition) is 2. The molecule has 2 heterocycles. The highest BCUT2D eigenvalue weighted by Crippen LogP contribution is 2.40. The van der Waals surface area contributed by atoms with Gasteiger partial charge in [0.1, 0.15) is 24.4 Å². The minimum Gasteiger partial charge on any atom is -0.466 e. The average molecular weight is 320 g/mol. The van der Waals surface area contributed by atoms with E-state index >= 15 is 0 Å². The molecule has 6 atom stereocenters. The predicted molar refractivity (Wildman–Crippen MR) is 72.8 cm³/mol. The van der Waals surface area contributed by atoms with Crippen LogP contribution in [0.5, 0.6) is 0 Å². The highest BCUT2D eigenvalue weighted by atomic mass is 16.8. The molecule has 0 aromatic heterocycles. The fourth-order valence-corrected chi connectivity index (χ4v) is 2.77. The first-order valence-electron chi connectivity index (χ1n) is 7.42. The number of aliphatic hydroxyl groups is 2. The van der Waals surface area contributed by atoms with Crippen molar-refractivity contribution in [3.8, 4) is 0 Å². The molecule has 0 saturated carbocycles. The summed E-state index contributed by atoms with van der Waals surface area (Å²) in [6, 6.07) is 0. The Kier molecular flexibility index (Phi) is 5.76. The van der Waals surface area contributed by atoms with Crippen molar-refractivity contribution < 1.29 is 38.7 Å². The molecule has 0 spiro atoms. The first kappa shape index (κ1) is 17.6. The molecule has 0 amide bonds. The Morgan fingerprint density at radius 1 is 1.32 bits per heavy atom. The Morgan fingerprint density at radius 3 is 2.59 bits per heavy atom. The molecule has 2 N–H and O–H groups in total. The topological polar surface area (TPSA) is 104 Å². The molecule has 0 bridgehead atoms. The van der Waals surface area contributed by atoms with E-state index in [1.807, 2.05) is 0 Å². The summed E-state index contributed by atoms with van der Waals surface area (Å²) in [5.74, 6) is -1.38. The van der Waals surface area contributed by atoms with Crippen molar-refractivity contribution in [1.29, 1.82) is 0 Å². The van der Waals surface area contributed by atoms with Crippen molar-refractivity contribution in [2.24, 2.45) is 0 Å². The smallest absolute Gasteiger partial charge is 0.305 e. The maximum Gasteiger partial charge on any atom is 0.305 e. The van der Waals surface area contributed by atoms with Gasteiger partial charge >= 0.3 is 5.97 Å². The van der Waals surface area contributed by atoms with E-state index in [0.29, 0.717) is 6.61 Å². The van der Waals surface area contributed by atoms with Gasteiger partial charge in [-0.15, -0.1) is 0 Å². The second kappa shape index (κ2) is 7.20. The Hall–Kier alpha value is -0.770. The summed E-state index contributed by atoms with van der Waals surface area (Å²) >= 11 is 0. The van der Waals surface area contributed by atoms with Crippen LogP contribution in [-0.2, 0) is 28.5 Å². The zero-order valence-corrected chi connectivity index (χ0v) is 13.1. The molecule has 2 rings (SSSR count). The molecule has 8 nitrogen and oxygen atoms in total. The van der Waals surface area contributed by atoms with Gasteiger partial charge in [-0.1, -0.05) is 0 Å². The van der Waals surface area contributed by atoms with Gasteiger partial charge in [0, 0.05) is 13.5 Å². The van der Waals surface area contributed by atoms with Gasteiger partial charge in [-0.05, 0) is 13.8 Å². The summed E-state index contributed by atoms with van der Waals surface area (Å²) in [5.41, 5.74) is 0. The van der Waals surface area contributed by atoms with Gasteiger partial charge in [0.2, 0.25) is 0 Å². The van der Waals surface area contributed by atoms with E-state index < -0.39 is 36.5 Å². The molecule has 0 aliphatic carbocycles. The number of ether oxygens (including phenoxy) is 5. The fraction of sp³-hybridized carbons (Fsp3) is 0.929. The zero-order chi connectivity index (χ0) is 16.3. The summed E-state index contributed by atoms with van der Waals surface area (Å²) < 4.78 is 27.2. The van der Waals surface area contributed by atoms with Crippen molar-refractivity contribution in [3.05, 3.63) is 0 Å². The number of aliphatic hydroxyl groups excluding tert-OH is 2. The minimum absolute atomic E-state index is 0.141. The van der Waals surface area contributed by atoms with Crippen LogP contribution in [0.2, 0.25) is 0 Å². The molecule has 2 aliphatic heterocycles. The van der Waals surface area contributed by atoms with E-state index in [0.717, 1.165) is 0 Å². The minimum atomic E-state index is -1.05. The molecular weight excluding hydrogens is 296 g/mol. The van der Waals surface area contributed by atoms with Gasteiger partial charge in [0.25, 0.3) is 0 Å². The number of carbonyl (C=O) groups is 1. The van der Waals surface area contributed by atoms with Crippen LogP contribution in [0.15, 0.2) is 0 Å². The molecule has 8 heteroatoms. The number of hydrogen-bond acceptors (Lipinski definition) is 8. The van der Waals surface area contributed by atoms with Crippen molar-refractivity contribution >= 4 is 5.97 Å². The summed E-state index contributed by atoms with van der Waals surface area (Å²) in [4.78, 5) is 11.5. The Bertz CT molecular complexity index is 389. The Morgan fingerprint density at radius 2 is 2.00 bits per heavy atom. The second-order valence-corrected chi connectivity index (χ2v) is 5.56. The van der Waals surface area contributed by atoms with Gasteiger partial charge in [-0.3, -0.25) is 4.79 Å². The quantitative estimate of drug-likeness (QED) is 0.635. The number of esters is 1. The van der Waals surface area contributed by atoms with Crippen molar-refractivity contribution in [2.45, 2.75) is 63.2 Å². The number of methoxy groups -OCH3 is 1. The van der Waals surface area contributed by atoms with E-state index in [4.69, 9.17) is 23.7 Å². The summed E-state index contributed by atoms with van der Waals surface area (Å²) in [6.07, 6.45) is -3.49. The normalized spacial score (nSPS) is 41.2. The number of rotatable bonds is 6. The summed E-state index contributed by atoms with van der Waals surface area (Å²) in [6.45, 7) is 3.40. The molecule has 128 valence electrons. The Labute approximate surface area is 129 Å². The number of fused-ring (bicyclic) bond motifs is 1. The molecule has 2 saturated heterocycles.